The van der Waals surface area contributed by atoms with Crippen molar-refractivity contribution in [2.75, 3.05) is 5.75 Å². The quantitative estimate of drug-likeness (QED) is 0.874. The number of aromatic amines is 1. The van der Waals surface area contributed by atoms with Crippen molar-refractivity contribution in [3.8, 4) is 0 Å². The number of halogens is 1. The summed E-state index contributed by atoms with van der Waals surface area (Å²) in [7, 11) is 1.75. The average Bonchev–Trinajstić information content (AvgIpc) is 2.59. The van der Waals surface area contributed by atoms with Gasteiger partial charge in [-0.2, -0.15) is 0 Å². The summed E-state index contributed by atoms with van der Waals surface area (Å²) in [4.78, 5) is 3.29. The minimum Gasteiger partial charge on any atom is -0.358 e. The number of aromatic nitrogens is 1. The zero-order valence-electron chi connectivity index (χ0n) is 9.98. The van der Waals surface area contributed by atoms with Crippen molar-refractivity contribution < 1.29 is 8.42 Å². The lowest BCUT2D eigenvalue weighted by atomic mass is 10.1. The summed E-state index contributed by atoms with van der Waals surface area (Å²) in [5.74, 6) is -0.0353. The largest absolute Gasteiger partial charge is 0.358 e. The Morgan fingerprint density at radius 3 is 2.78 bits per heavy atom. The van der Waals surface area contributed by atoms with Crippen LogP contribution in [0.15, 0.2) is 30.3 Å². The van der Waals surface area contributed by atoms with E-state index >= 15 is 0 Å². The SMILES string of the molecule is Cc1[nH]c2ccccc2c1/C=C/CCS(=O)(=O)Cl. The Bertz CT molecular complexity index is 686. The molecule has 0 radical (unpaired) electrons. The van der Waals surface area contributed by atoms with Crippen LogP contribution in [0.25, 0.3) is 17.0 Å². The van der Waals surface area contributed by atoms with Crippen LogP contribution in [0.2, 0.25) is 0 Å². The van der Waals surface area contributed by atoms with E-state index in [2.05, 4.69) is 4.98 Å². The first-order valence-electron chi connectivity index (χ1n) is 5.63. The molecule has 5 heteroatoms. The second kappa shape index (κ2) is 5.16. The van der Waals surface area contributed by atoms with Crippen LogP contribution in [0.3, 0.4) is 0 Å². The first-order chi connectivity index (χ1) is 8.47. The molecular formula is C13H14ClNO2S. The second-order valence-corrected chi connectivity index (χ2v) is 7.04. The number of rotatable bonds is 4. The Hall–Kier alpha value is -1.26. The number of aryl methyl sites for hydroxylation is 1. The van der Waals surface area contributed by atoms with Crippen molar-refractivity contribution in [1.29, 1.82) is 0 Å². The molecule has 18 heavy (non-hydrogen) atoms. The molecular weight excluding hydrogens is 270 g/mol. The predicted molar refractivity (Wildman–Crippen MR) is 76.3 cm³/mol. The molecule has 0 saturated carbocycles. The van der Waals surface area contributed by atoms with Crippen LogP contribution in [0.1, 0.15) is 17.7 Å². The summed E-state index contributed by atoms with van der Waals surface area (Å²) in [6.45, 7) is 2.00. The number of para-hydroxylation sites is 1. The number of allylic oxidation sites excluding steroid dienone is 1. The van der Waals surface area contributed by atoms with Crippen LogP contribution in [0.4, 0.5) is 0 Å². The Morgan fingerprint density at radius 2 is 2.06 bits per heavy atom. The third-order valence-corrected chi connectivity index (χ3v) is 3.94. The Kier molecular flexibility index (Phi) is 3.78. The maximum Gasteiger partial charge on any atom is 0.232 e. The summed E-state index contributed by atoms with van der Waals surface area (Å²) in [6.07, 6.45) is 4.20. The minimum absolute atomic E-state index is 0.0353. The molecule has 0 aliphatic rings. The van der Waals surface area contributed by atoms with E-state index < -0.39 is 9.05 Å². The van der Waals surface area contributed by atoms with Crippen molar-refractivity contribution in [1.82, 2.24) is 4.98 Å². The number of hydrogen-bond acceptors (Lipinski definition) is 2. The lowest BCUT2D eigenvalue weighted by Crippen LogP contribution is -1.94. The third kappa shape index (κ3) is 3.15. The van der Waals surface area contributed by atoms with Crippen LogP contribution < -0.4 is 0 Å². The monoisotopic (exact) mass is 283 g/mol. The molecule has 1 N–H and O–H groups in total. The molecule has 0 atom stereocenters. The van der Waals surface area contributed by atoms with Gasteiger partial charge in [0.05, 0.1) is 5.75 Å². The lowest BCUT2D eigenvalue weighted by molar-refractivity contribution is 0.609. The van der Waals surface area contributed by atoms with Gasteiger partial charge in [-0.15, -0.1) is 0 Å². The van der Waals surface area contributed by atoms with E-state index in [0.29, 0.717) is 6.42 Å². The molecule has 2 aromatic rings. The highest BCUT2D eigenvalue weighted by Gasteiger charge is 2.05. The minimum atomic E-state index is -3.40. The first kappa shape index (κ1) is 13.2. The van der Waals surface area contributed by atoms with Gasteiger partial charge < -0.3 is 4.98 Å². The van der Waals surface area contributed by atoms with Crippen molar-refractivity contribution in [3.05, 3.63) is 41.6 Å². The molecule has 1 aromatic heterocycles. The molecule has 0 aliphatic carbocycles. The molecule has 96 valence electrons. The highest BCUT2D eigenvalue weighted by Crippen LogP contribution is 2.23. The van der Waals surface area contributed by atoms with E-state index in [9.17, 15) is 8.42 Å². The van der Waals surface area contributed by atoms with Crippen LogP contribution in [0.5, 0.6) is 0 Å². The van der Waals surface area contributed by atoms with E-state index in [1.807, 2.05) is 43.3 Å². The number of H-pyrrole nitrogens is 1. The molecule has 0 amide bonds. The van der Waals surface area contributed by atoms with E-state index in [1.165, 1.54) is 0 Å². The fourth-order valence-electron chi connectivity index (χ4n) is 1.92. The van der Waals surface area contributed by atoms with Gasteiger partial charge in [-0.1, -0.05) is 30.4 Å². The summed E-state index contributed by atoms with van der Waals surface area (Å²) in [5, 5.41) is 1.14. The predicted octanol–water partition coefficient (Wildman–Crippen LogP) is 3.45. The van der Waals surface area contributed by atoms with Gasteiger partial charge in [0.2, 0.25) is 9.05 Å². The molecule has 2 rings (SSSR count). The molecule has 0 saturated heterocycles. The van der Waals surface area contributed by atoms with Crippen LogP contribution in [-0.2, 0) is 9.05 Å². The molecule has 0 bridgehead atoms. The van der Waals surface area contributed by atoms with Crippen molar-refractivity contribution in [3.63, 3.8) is 0 Å². The van der Waals surface area contributed by atoms with Crippen LogP contribution in [-0.4, -0.2) is 19.2 Å². The summed E-state index contributed by atoms with van der Waals surface area (Å²) >= 11 is 0. The third-order valence-electron chi connectivity index (χ3n) is 2.76. The van der Waals surface area contributed by atoms with Gasteiger partial charge in [-0.25, -0.2) is 8.42 Å². The molecule has 0 aliphatic heterocycles. The second-order valence-electron chi connectivity index (χ2n) is 4.14. The van der Waals surface area contributed by atoms with Crippen molar-refractivity contribution in [2.45, 2.75) is 13.3 Å². The lowest BCUT2D eigenvalue weighted by Gasteiger charge is -1.94. The summed E-state index contributed by atoms with van der Waals surface area (Å²) in [5.41, 5.74) is 3.25. The summed E-state index contributed by atoms with van der Waals surface area (Å²) in [6, 6.07) is 8.02. The zero-order valence-corrected chi connectivity index (χ0v) is 11.6. The first-order valence-corrected chi connectivity index (χ1v) is 8.11. The topological polar surface area (TPSA) is 49.9 Å². The Morgan fingerprint density at radius 1 is 1.33 bits per heavy atom. The maximum absolute atomic E-state index is 10.8. The molecule has 0 unspecified atom stereocenters. The van der Waals surface area contributed by atoms with Crippen LogP contribution in [0, 0.1) is 6.92 Å². The maximum atomic E-state index is 10.8. The Labute approximate surface area is 111 Å². The van der Waals surface area contributed by atoms with Crippen molar-refractivity contribution >= 4 is 36.7 Å². The van der Waals surface area contributed by atoms with Gasteiger partial charge in [0.1, 0.15) is 0 Å². The number of benzene rings is 1. The van der Waals surface area contributed by atoms with Gasteiger partial charge >= 0.3 is 0 Å². The average molecular weight is 284 g/mol. The van der Waals surface area contributed by atoms with Crippen molar-refractivity contribution in [2.24, 2.45) is 0 Å². The molecule has 0 fully saturated rings. The fraction of sp³-hybridized carbons (Fsp3) is 0.231. The molecule has 0 spiro atoms. The zero-order chi connectivity index (χ0) is 13.2. The number of fused-ring (bicyclic) bond motifs is 1. The number of hydrogen-bond donors (Lipinski definition) is 1. The van der Waals surface area contributed by atoms with E-state index in [1.54, 1.807) is 0 Å². The van der Waals surface area contributed by atoms with E-state index in [4.69, 9.17) is 10.7 Å². The van der Waals surface area contributed by atoms with Gasteiger partial charge in [0, 0.05) is 32.8 Å². The summed E-state index contributed by atoms with van der Waals surface area (Å²) < 4.78 is 21.6. The molecule has 1 aromatic carbocycles. The highest BCUT2D eigenvalue weighted by molar-refractivity contribution is 8.13. The van der Waals surface area contributed by atoms with E-state index in [-0.39, 0.29) is 5.75 Å². The molecule has 3 nitrogen and oxygen atoms in total. The van der Waals surface area contributed by atoms with Gasteiger partial charge in [-0.3, -0.25) is 0 Å². The smallest absolute Gasteiger partial charge is 0.232 e. The van der Waals surface area contributed by atoms with Crippen LogP contribution >= 0.6 is 10.7 Å². The van der Waals surface area contributed by atoms with Gasteiger partial charge in [-0.05, 0) is 19.4 Å². The Balaban J connectivity index is 2.21. The van der Waals surface area contributed by atoms with E-state index in [0.717, 1.165) is 22.2 Å². The molecule has 1 heterocycles. The van der Waals surface area contributed by atoms with Gasteiger partial charge in [0.25, 0.3) is 0 Å². The fourth-order valence-corrected chi connectivity index (χ4v) is 2.61. The number of nitrogens with one attached hydrogen (secondary N) is 1. The highest BCUT2D eigenvalue weighted by atomic mass is 35.7. The standard InChI is InChI=1S/C13H14ClNO2S/c1-10-11(6-4-5-9-18(14,16)17)12-7-2-3-8-13(12)15-10/h2-4,6-8,15H,5,9H2,1H3/b6-4+. The van der Waals surface area contributed by atoms with Gasteiger partial charge in [0.15, 0.2) is 0 Å². The normalized spacial score (nSPS) is 12.6.